The Morgan fingerprint density at radius 2 is 1.65 bits per heavy atom. The molecular formula is C11H25N3O2S. The highest BCUT2D eigenvalue weighted by molar-refractivity contribution is 7.89. The van der Waals surface area contributed by atoms with Gasteiger partial charge in [-0.1, -0.05) is 13.0 Å². The minimum absolute atomic E-state index is 0.0440. The fourth-order valence-corrected chi connectivity index (χ4v) is 2.14. The van der Waals surface area contributed by atoms with E-state index in [1.807, 2.05) is 6.92 Å². The van der Waals surface area contributed by atoms with Crippen LogP contribution in [0.3, 0.4) is 0 Å². The second-order valence-electron chi connectivity index (χ2n) is 4.30. The lowest BCUT2D eigenvalue weighted by Gasteiger charge is -2.15. The van der Waals surface area contributed by atoms with Gasteiger partial charge in [0, 0.05) is 26.2 Å². The molecule has 0 bridgehead atoms. The zero-order chi connectivity index (χ0) is 13.3. The van der Waals surface area contributed by atoms with Crippen LogP contribution in [0.25, 0.3) is 0 Å². The van der Waals surface area contributed by atoms with Crippen LogP contribution in [0.5, 0.6) is 0 Å². The van der Waals surface area contributed by atoms with Crippen LogP contribution in [0.1, 0.15) is 20.3 Å². The van der Waals surface area contributed by atoms with Crippen LogP contribution in [0.15, 0.2) is 12.7 Å². The zero-order valence-electron chi connectivity index (χ0n) is 10.8. The summed E-state index contributed by atoms with van der Waals surface area (Å²) in [6.45, 7) is 11.5. The van der Waals surface area contributed by atoms with E-state index in [2.05, 4.69) is 17.2 Å². The first-order chi connectivity index (χ1) is 7.89. The molecule has 1 aliphatic rings. The largest absolute Gasteiger partial charge is 0.314 e. The fourth-order valence-electron chi connectivity index (χ4n) is 1.38. The summed E-state index contributed by atoms with van der Waals surface area (Å²) in [5, 5.41) is 10.9. The molecule has 0 saturated carbocycles. The first-order valence-corrected chi connectivity index (χ1v) is 7.54. The number of sulfonamides is 1. The molecule has 0 aromatic heterocycles. The number of primary sulfonamides is 1. The van der Waals surface area contributed by atoms with Gasteiger partial charge >= 0.3 is 0 Å². The molecule has 1 heterocycles. The molecule has 2 atom stereocenters. The van der Waals surface area contributed by atoms with Crippen LogP contribution in [0.4, 0.5) is 0 Å². The summed E-state index contributed by atoms with van der Waals surface area (Å²) in [6.07, 6.45) is 2.38. The van der Waals surface area contributed by atoms with Gasteiger partial charge in [-0.15, -0.1) is 6.58 Å². The van der Waals surface area contributed by atoms with Crippen LogP contribution in [-0.4, -0.2) is 39.8 Å². The lowest BCUT2D eigenvalue weighted by atomic mass is 10.1. The molecule has 0 aliphatic carbocycles. The SMILES string of the molecule is C1CNCCN1.C=CC[C@H](C)[C@@H](C)S(N)(=O)=O. The van der Waals surface area contributed by atoms with E-state index in [0.29, 0.717) is 6.42 Å². The molecule has 1 saturated heterocycles. The quantitative estimate of drug-likeness (QED) is 0.626. The topological polar surface area (TPSA) is 84.2 Å². The fraction of sp³-hybridized carbons (Fsp3) is 0.818. The summed E-state index contributed by atoms with van der Waals surface area (Å²) >= 11 is 0. The second kappa shape index (κ2) is 8.63. The normalized spacial score (nSPS) is 19.7. The monoisotopic (exact) mass is 263 g/mol. The molecule has 6 heteroatoms. The van der Waals surface area contributed by atoms with Crippen molar-refractivity contribution in [3.8, 4) is 0 Å². The van der Waals surface area contributed by atoms with Gasteiger partial charge < -0.3 is 10.6 Å². The van der Waals surface area contributed by atoms with Gasteiger partial charge in [-0.05, 0) is 19.3 Å². The average molecular weight is 263 g/mol. The number of hydrogen-bond acceptors (Lipinski definition) is 4. The Balaban J connectivity index is 0.000000354. The van der Waals surface area contributed by atoms with Gasteiger partial charge in [-0.25, -0.2) is 13.6 Å². The van der Waals surface area contributed by atoms with Gasteiger partial charge in [0.2, 0.25) is 10.0 Å². The lowest BCUT2D eigenvalue weighted by Crippen LogP contribution is -2.39. The van der Waals surface area contributed by atoms with Gasteiger partial charge in [-0.2, -0.15) is 0 Å². The third-order valence-electron chi connectivity index (χ3n) is 2.82. The van der Waals surface area contributed by atoms with Crippen molar-refractivity contribution in [1.82, 2.24) is 10.6 Å². The number of piperazine rings is 1. The average Bonchev–Trinajstić information content (AvgIpc) is 2.30. The first kappa shape index (κ1) is 16.6. The number of nitrogens with two attached hydrogens (primary N) is 1. The van der Waals surface area contributed by atoms with E-state index in [4.69, 9.17) is 5.14 Å². The van der Waals surface area contributed by atoms with Crippen LogP contribution in [0, 0.1) is 5.92 Å². The van der Waals surface area contributed by atoms with Crippen molar-refractivity contribution in [3.05, 3.63) is 12.7 Å². The standard InChI is InChI=1S/C7H15NO2S.C4H10N2/c1-4-5-6(2)7(3)11(8,9)10;1-2-6-4-3-5-1/h4,6-7H,1,5H2,2-3H3,(H2,8,9,10);5-6H,1-4H2/t6-,7+;/m0./s1. The van der Waals surface area contributed by atoms with Crippen molar-refractivity contribution in [3.63, 3.8) is 0 Å². The summed E-state index contributed by atoms with van der Waals surface area (Å²) in [4.78, 5) is 0. The Labute approximate surface area is 105 Å². The molecule has 0 radical (unpaired) electrons. The Morgan fingerprint density at radius 3 is 1.88 bits per heavy atom. The molecule has 102 valence electrons. The summed E-state index contributed by atoms with van der Waals surface area (Å²) < 4.78 is 21.6. The zero-order valence-corrected chi connectivity index (χ0v) is 11.6. The van der Waals surface area contributed by atoms with Crippen LogP contribution in [0.2, 0.25) is 0 Å². The van der Waals surface area contributed by atoms with E-state index >= 15 is 0 Å². The molecule has 4 N–H and O–H groups in total. The third-order valence-corrected chi connectivity index (χ3v) is 4.32. The molecule has 5 nitrogen and oxygen atoms in total. The van der Waals surface area contributed by atoms with Crippen LogP contribution in [-0.2, 0) is 10.0 Å². The molecule has 1 rings (SSSR count). The van der Waals surface area contributed by atoms with E-state index < -0.39 is 15.3 Å². The summed E-state index contributed by atoms with van der Waals surface area (Å²) in [7, 11) is -3.37. The molecule has 0 unspecified atom stereocenters. The van der Waals surface area contributed by atoms with Crippen molar-refractivity contribution in [2.24, 2.45) is 11.1 Å². The Bertz CT molecular complexity index is 288. The maximum Gasteiger partial charge on any atom is 0.211 e. The van der Waals surface area contributed by atoms with Gasteiger partial charge in [0.15, 0.2) is 0 Å². The molecule has 1 aliphatic heterocycles. The maximum absolute atomic E-state index is 10.8. The smallest absolute Gasteiger partial charge is 0.211 e. The maximum atomic E-state index is 10.8. The van der Waals surface area contributed by atoms with Crippen molar-refractivity contribution >= 4 is 10.0 Å². The predicted octanol–water partition coefficient (Wildman–Crippen LogP) is 0.0548. The Kier molecular flexibility index (Phi) is 8.41. The van der Waals surface area contributed by atoms with Crippen LogP contribution < -0.4 is 15.8 Å². The molecule has 17 heavy (non-hydrogen) atoms. The highest BCUT2D eigenvalue weighted by Crippen LogP contribution is 2.13. The van der Waals surface area contributed by atoms with Gasteiger partial charge in [-0.3, -0.25) is 0 Å². The molecule has 0 aromatic rings. The first-order valence-electron chi connectivity index (χ1n) is 5.93. The van der Waals surface area contributed by atoms with Gasteiger partial charge in [0.05, 0.1) is 5.25 Å². The highest BCUT2D eigenvalue weighted by atomic mass is 32.2. The van der Waals surface area contributed by atoms with Crippen molar-refractivity contribution in [2.45, 2.75) is 25.5 Å². The number of hydrogen-bond donors (Lipinski definition) is 3. The molecule has 1 fully saturated rings. The van der Waals surface area contributed by atoms with Crippen molar-refractivity contribution in [1.29, 1.82) is 0 Å². The minimum Gasteiger partial charge on any atom is -0.314 e. The van der Waals surface area contributed by atoms with E-state index in [1.165, 1.54) is 0 Å². The second-order valence-corrected chi connectivity index (χ2v) is 6.22. The van der Waals surface area contributed by atoms with Gasteiger partial charge in [0.1, 0.15) is 0 Å². The lowest BCUT2D eigenvalue weighted by molar-refractivity contribution is 0.526. The van der Waals surface area contributed by atoms with Crippen molar-refractivity contribution < 1.29 is 8.42 Å². The third kappa shape index (κ3) is 8.31. The van der Waals surface area contributed by atoms with E-state index in [1.54, 1.807) is 13.0 Å². The Hall–Kier alpha value is -0.430. The van der Waals surface area contributed by atoms with Gasteiger partial charge in [0.25, 0.3) is 0 Å². The van der Waals surface area contributed by atoms with E-state index in [-0.39, 0.29) is 5.92 Å². The number of nitrogens with one attached hydrogen (secondary N) is 2. The number of allylic oxidation sites excluding steroid dienone is 1. The van der Waals surface area contributed by atoms with Crippen molar-refractivity contribution in [2.75, 3.05) is 26.2 Å². The molecule has 0 amide bonds. The summed E-state index contributed by atoms with van der Waals surface area (Å²) in [6, 6.07) is 0. The van der Waals surface area contributed by atoms with E-state index in [0.717, 1.165) is 26.2 Å². The molecule has 0 aromatic carbocycles. The predicted molar refractivity (Wildman–Crippen MR) is 72.3 cm³/mol. The van der Waals surface area contributed by atoms with Crippen LogP contribution >= 0.6 is 0 Å². The Morgan fingerprint density at radius 1 is 1.24 bits per heavy atom. The highest BCUT2D eigenvalue weighted by Gasteiger charge is 2.21. The molecule has 0 spiro atoms. The summed E-state index contributed by atoms with van der Waals surface area (Å²) in [5.74, 6) is 0.0440. The summed E-state index contributed by atoms with van der Waals surface area (Å²) in [5.41, 5.74) is 0. The number of rotatable bonds is 4. The minimum atomic E-state index is -3.37. The van der Waals surface area contributed by atoms with E-state index in [9.17, 15) is 8.42 Å². The molecular weight excluding hydrogens is 238 g/mol.